The number of allylic oxidation sites excluding steroid dienone is 1. The summed E-state index contributed by atoms with van der Waals surface area (Å²) < 4.78 is 27.1. The van der Waals surface area contributed by atoms with Crippen molar-refractivity contribution in [3.8, 4) is 11.5 Å². The minimum absolute atomic E-state index is 0.0118. The average Bonchev–Trinajstić information content (AvgIpc) is 3.29. The number of nitrogens with zero attached hydrogens (tertiary/aromatic N) is 3. The highest BCUT2D eigenvalue weighted by Gasteiger charge is 2.65. The van der Waals surface area contributed by atoms with E-state index in [9.17, 15) is 15.0 Å². The highest BCUT2D eigenvalue weighted by Crippen LogP contribution is 2.62. The Kier molecular flexibility index (Phi) is 15.7. The van der Waals surface area contributed by atoms with E-state index in [4.69, 9.17) is 40.5 Å². The number of aryl methyl sites for hydroxylation is 1. The van der Waals surface area contributed by atoms with Crippen molar-refractivity contribution in [2.24, 2.45) is 22.9 Å². The molecule has 2 aliphatic carbocycles. The molecule has 3 aromatic carbocycles. The van der Waals surface area contributed by atoms with E-state index in [0.29, 0.717) is 30.1 Å². The van der Waals surface area contributed by atoms with Gasteiger partial charge in [0.1, 0.15) is 36.4 Å². The van der Waals surface area contributed by atoms with Crippen LogP contribution < -0.4 is 9.47 Å². The Morgan fingerprint density at radius 2 is 1.78 bits per heavy atom. The molecule has 0 saturated heterocycles. The van der Waals surface area contributed by atoms with Crippen LogP contribution in [0, 0.1) is 24.7 Å². The molecule has 2 N–H and O–H groups in total. The third kappa shape index (κ3) is 10.6. The number of rotatable bonds is 20. The third-order valence-corrected chi connectivity index (χ3v) is 12.7. The zero-order valence-electron chi connectivity index (χ0n) is 37.7. The number of oxime groups is 1. The van der Waals surface area contributed by atoms with Crippen molar-refractivity contribution in [3.05, 3.63) is 126 Å². The molecule has 3 aliphatic rings. The van der Waals surface area contributed by atoms with Gasteiger partial charge in [-0.2, -0.15) is 0 Å². The molecule has 4 aromatic rings. The molecular formula is C52H64ClN3O8. The first-order chi connectivity index (χ1) is 31.0. The monoisotopic (exact) mass is 893 g/mol. The van der Waals surface area contributed by atoms with E-state index in [2.05, 4.69) is 41.9 Å². The van der Waals surface area contributed by atoms with Crippen LogP contribution in [0.5, 0.6) is 11.5 Å². The number of carbonyl (C=O) groups is 1. The van der Waals surface area contributed by atoms with Gasteiger partial charge in [0, 0.05) is 36.8 Å². The van der Waals surface area contributed by atoms with Crippen LogP contribution in [0.4, 0.5) is 4.79 Å². The first-order valence-corrected chi connectivity index (χ1v) is 23.3. The topological polar surface area (TPSA) is 132 Å². The van der Waals surface area contributed by atoms with Crippen LogP contribution in [0.25, 0.3) is 10.8 Å². The van der Waals surface area contributed by atoms with Gasteiger partial charge in [0.25, 0.3) is 0 Å². The number of pyridine rings is 1. The van der Waals surface area contributed by atoms with Gasteiger partial charge in [0.2, 0.25) is 5.79 Å². The average molecular weight is 895 g/mol. The van der Waals surface area contributed by atoms with Crippen molar-refractivity contribution in [2.75, 3.05) is 32.3 Å². The minimum atomic E-state index is -1.47. The molecule has 1 fully saturated rings. The molecule has 0 radical (unpaired) electrons. The number of aliphatic hydroxyl groups is 2. The van der Waals surface area contributed by atoms with E-state index in [0.717, 1.165) is 64.5 Å². The quantitative estimate of drug-likeness (QED) is 0.0385. The van der Waals surface area contributed by atoms with E-state index in [-0.39, 0.29) is 69.6 Å². The number of ether oxygens (including phenoxy) is 4. The highest BCUT2D eigenvalue weighted by atomic mass is 35.5. The van der Waals surface area contributed by atoms with Crippen molar-refractivity contribution in [3.63, 3.8) is 0 Å². The van der Waals surface area contributed by atoms with Gasteiger partial charge in [-0.05, 0) is 117 Å². The molecule has 1 aliphatic heterocycles. The number of carbonyl (C=O) groups excluding carboxylic acids is 1. The van der Waals surface area contributed by atoms with Crippen LogP contribution in [-0.2, 0) is 27.5 Å². The molecule has 64 heavy (non-hydrogen) atoms. The number of aliphatic hydroxyl groups excluding tert-OH is 2. The van der Waals surface area contributed by atoms with Crippen molar-refractivity contribution < 1.29 is 38.8 Å². The predicted octanol–water partition coefficient (Wildman–Crippen LogP) is 10.4. The Labute approximate surface area is 383 Å². The van der Waals surface area contributed by atoms with Gasteiger partial charge in [-0.3, -0.25) is 9.88 Å². The first kappa shape index (κ1) is 47.0. The Bertz CT molecular complexity index is 2290. The number of alkyl halides is 1. The van der Waals surface area contributed by atoms with E-state index >= 15 is 0 Å². The maximum atomic E-state index is 14.8. The molecule has 0 spiro atoms. The van der Waals surface area contributed by atoms with Gasteiger partial charge in [-0.1, -0.05) is 78.7 Å². The van der Waals surface area contributed by atoms with Crippen molar-refractivity contribution in [1.29, 1.82) is 0 Å². The van der Waals surface area contributed by atoms with Gasteiger partial charge in [0.05, 0.1) is 36.4 Å². The highest BCUT2D eigenvalue weighted by molar-refractivity contribution is 6.18. The molecule has 6 unspecified atom stereocenters. The number of amides is 1. The lowest BCUT2D eigenvalue weighted by Gasteiger charge is -2.60. The lowest BCUT2D eigenvalue weighted by molar-refractivity contribution is -0.256. The number of hydrogen-bond donors (Lipinski definition) is 2. The third-order valence-electron chi connectivity index (χ3n) is 12.5. The van der Waals surface area contributed by atoms with Gasteiger partial charge in [0.15, 0.2) is 0 Å². The van der Waals surface area contributed by atoms with E-state index in [1.807, 2.05) is 82.3 Å². The minimum Gasteiger partial charge on any atom is -0.487 e. The van der Waals surface area contributed by atoms with E-state index in [1.54, 1.807) is 11.0 Å². The smallest absolute Gasteiger partial charge is 0.410 e. The summed E-state index contributed by atoms with van der Waals surface area (Å²) in [6.45, 7) is 12.7. The molecular weight excluding hydrogens is 830 g/mol. The molecule has 7 rings (SSSR count). The Morgan fingerprint density at radius 1 is 1.02 bits per heavy atom. The van der Waals surface area contributed by atoms with E-state index < -0.39 is 29.4 Å². The first-order valence-electron chi connectivity index (χ1n) is 22.8. The molecule has 11 nitrogen and oxygen atoms in total. The fourth-order valence-electron chi connectivity index (χ4n) is 9.89. The Morgan fingerprint density at radius 3 is 2.53 bits per heavy atom. The van der Waals surface area contributed by atoms with Crippen LogP contribution in [-0.4, -0.2) is 81.6 Å². The fraction of sp³-hybridized carbons (Fsp3) is 0.481. The summed E-state index contributed by atoms with van der Waals surface area (Å²) in [5.41, 5.74) is 4.66. The largest absolute Gasteiger partial charge is 0.487 e. The zero-order chi connectivity index (χ0) is 45.3. The SMILES string of the molecule is C=CCOC12Oc3ccc(OCc4cccc(C)n4)cc3C3C(CCCCO)C(CCCCO)C=C(C(=NOC(C)(C)C)CC1N(Cc1cccc4ccccc14)C(=O)OCCCl)C32. The van der Waals surface area contributed by atoms with Gasteiger partial charge in [-0.25, -0.2) is 4.79 Å². The molecule has 0 bridgehead atoms. The van der Waals surface area contributed by atoms with Crippen LogP contribution >= 0.6 is 11.6 Å². The van der Waals surface area contributed by atoms with Crippen molar-refractivity contribution in [2.45, 2.75) is 109 Å². The summed E-state index contributed by atoms with van der Waals surface area (Å²) >= 11 is 6.17. The lowest BCUT2D eigenvalue weighted by Crippen LogP contribution is -2.70. The maximum Gasteiger partial charge on any atom is 0.410 e. The number of halogens is 1. The number of fused-ring (bicyclic) bond motifs is 3. The van der Waals surface area contributed by atoms with Crippen molar-refractivity contribution >= 4 is 34.2 Å². The van der Waals surface area contributed by atoms with Crippen LogP contribution in [0.1, 0.15) is 94.1 Å². The molecule has 1 aromatic heterocycles. The second kappa shape index (κ2) is 21.4. The molecule has 1 amide bonds. The molecule has 12 heteroatoms. The summed E-state index contributed by atoms with van der Waals surface area (Å²) in [5.74, 6) is -0.658. The summed E-state index contributed by atoms with van der Waals surface area (Å²) in [6.07, 6.45) is 8.31. The van der Waals surface area contributed by atoms with Gasteiger partial charge >= 0.3 is 6.09 Å². The summed E-state index contributed by atoms with van der Waals surface area (Å²) in [5, 5.41) is 27.0. The van der Waals surface area contributed by atoms with Crippen LogP contribution in [0.15, 0.2) is 108 Å². The number of benzene rings is 3. The summed E-state index contributed by atoms with van der Waals surface area (Å²) in [6, 6.07) is 25.3. The molecule has 1 saturated carbocycles. The normalized spacial score (nSPS) is 23.1. The lowest BCUT2D eigenvalue weighted by atomic mass is 9.55. The standard InChI is InChI=1S/C52H64ClN3O8/c1-6-28-62-52-47(56(50(59)60-29-25-53)33-38-19-14-18-36-16-7-8-21-41(36)38)32-45(55-64-51(3,4)5)43-30-37(17-9-11-26-57)42(22-10-12-27-58)48(49(43)52)44-31-40(23-24-46(44)63-52)61-34-39-20-13-15-35(2)54-39/h6-8,13-16,18-21,23-24,30-31,37,42,47-49,57-58H,1,9-12,17,22,25-29,32-34H2,2-5H3. The van der Waals surface area contributed by atoms with Crippen molar-refractivity contribution in [1.82, 2.24) is 9.88 Å². The Hall–Kier alpha value is -4.94. The summed E-state index contributed by atoms with van der Waals surface area (Å²) in [7, 11) is 0. The number of hydrogen-bond acceptors (Lipinski definition) is 10. The second-order valence-corrected chi connectivity index (χ2v) is 18.5. The number of aromatic nitrogens is 1. The Balaban J connectivity index is 1.46. The summed E-state index contributed by atoms with van der Waals surface area (Å²) in [4.78, 5) is 27.5. The molecule has 342 valence electrons. The zero-order valence-corrected chi connectivity index (χ0v) is 38.5. The maximum absolute atomic E-state index is 14.8. The van der Waals surface area contributed by atoms with E-state index in [1.165, 1.54) is 0 Å². The second-order valence-electron chi connectivity index (χ2n) is 18.1. The predicted molar refractivity (Wildman–Crippen MR) is 251 cm³/mol. The number of unbranched alkanes of at least 4 members (excludes halogenated alkanes) is 2. The fourth-order valence-corrected chi connectivity index (χ4v) is 9.97. The van der Waals surface area contributed by atoms with Crippen LogP contribution in [0.3, 0.4) is 0 Å². The van der Waals surface area contributed by atoms with Gasteiger partial charge < -0.3 is 34.0 Å². The molecule has 6 atom stereocenters. The van der Waals surface area contributed by atoms with Gasteiger partial charge in [-0.15, -0.1) is 18.2 Å². The molecule has 2 heterocycles. The van der Waals surface area contributed by atoms with Crippen LogP contribution in [0.2, 0.25) is 0 Å².